The number of aliphatic hydroxyl groups is 3. The van der Waals surface area contributed by atoms with Crippen molar-refractivity contribution < 1.29 is 24.8 Å². The van der Waals surface area contributed by atoms with Crippen molar-refractivity contribution in [1.29, 1.82) is 0 Å². The Hall–Kier alpha value is 0.530. The van der Waals surface area contributed by atoms with E-state index in [2.05, 4.69) is 0 Å². The maximum Gasteiger partial charge on any atom is 0.185 e. The van der Waals surface area contributed by atoms with Crippen molar-refractivity contribution in [1.82, 2.24) is 0 Å². The predicted octanol–water partition coefficient (Wildman–Crippen LogP) is -0.735. The summed E-state index contributed by atoms with van der Waals surface area (Å²) in [6.45, 7) is 1.92. The van der Waals surface area contributed by atoms with E-state index in [0.29, 0.717) is 6.61 Å². The van der Waals surface area contributed by atoms with Gasteiger partial charge >= 0.3 is 0 Å². The van der Waals surface area contributed by atoms with Gasteiger partial charge in [-0.2, -0.15) is 0 Å². The fourth-order valence-corrected chi connectivity index (χ4v) is 2.15. The lowest BCUT2D eigenvalue weighted by Crippen LogP contribution is -2.56. The highest BCUT2D eigenvalue weighted by atomic mass is 124. The van der Waals surface area contributed by atoms with E-state index >= 15 is 0 Å². The zero-order valence-corrected chi connectivity index (χ0v) is 9.99. The standard InChI is InChI=1S/C8H15IO5/c1-2-13-8-7(12)5(9)6(11)4(3-10)14-8/h4-8,10-12H,2-3H2,1H3/t4-,5+,6-,7+,8?/m1/s1/i9-3. The van der Waals surface area contributed by atoms with Gasteiger partial charge in [-0.25, -0.2) is 0 Å². The average Bonchev–Trinajstić information content (AvgIpc) is 2.19. The number of rotatable bonds is 3. The molecule has 1 saturated heterocycles. The van der Waals surface area contributed by atoms with Crippen LogP contribution >= 0.6 is 22.6 Å². The molecule has 0 radical (unpaired) electrons. The maximum atomic E-state index is 9.65. The molecular formula is C8H15IO5. The SMILES string of the molecule is CCOC1O[C@H](CO)[C@@H](O)[C@H]([124I])[C@@H]1O. The van der Waals surface area contributed by atoms with Crippen LogP contribution in [0.2, 0.25) is 0 Å². The first kappa shape index (κ1) is 12.6. The van der Waals surface area contributed by atoms with Crippen molar-refractivity contribution in [2.75, 3.05) is 13.2 Å². The van der Waals surface area contributed by atoms with Crippen LogP contribution in [0.15, 0.2) is 0 Å². The molecule has 1 heterocycles. The van der Waals surface area contributed by atoms with Gasteiger partial charge in [0, 0.05) is 6.61 Å². The van der Waals surface area contributed by atoms with Crippen LogP contribution in [-0.2, 0) is 9.47 Å². The molecule has 1 fully saturated rings. The zero-order chi connectivity index (χ0) is 10.7. The molecule has 0 aromatic carbocycles. The summed E-state index contributed by atoms with van der Waals surface area (Å²) in [5.74, 6) is 0. The van der Waals surface area contributed by atoms with Crippen molar-refractivity contribution in [2.24, 2.45) is 0 Å². The molecule has 0 aromatic rings. The van der Waals surface area contributed by atoms with Gasteiger partial charge in [0.1, 0.15) is 12.2 Å². The highest BCUT2D eigenvalue weighted by Gasteiger charge is 2.43. The molecule has 1 rings (SSSR count). The molecule has 1 aliphatic rings. The molecule has 0 amide bonds. The Balaban J connectivity index is 2.63. The van der Waals surface area contributed by atoms with Crippen molar-refractivity contribution in [3.05, 3.63) is 0 Å². The predicted molar refractivity (Wildman–Crippen MR) is 57.2 cm³/mol. The second-order valence-corrected chi connectivity index (χ2v) is 4.54. The summed E-state index contributed by atoms with van der Waals surface area (Å²) in [4.78, 5) is 0. The van der Waals surface area contributed by atoms with Crippen LogP contribution in [-0.4, -0.2) is 57.1 Å². The summed E-state index contributed by atoms with van der Waals surface area (Å²) in [6, 6.07) is 0. The van der Waals surface area contributed by atoms with Gasteiger partial charge in [-0.05, 0) is 6.92 Å². The Labute approximate surface area is 96.2 Å². The number of hydrogen-bond donors (Lipinski definition) is 3. The van der Waals surface area contributed by atoms with E-state index in [4.69, 9.17) is 14.6 Å². The number of ether oxygens (including phenoxy) is 2. The van der Waals surface area contributed by atoms with Gasteiger partial charge in [-0.1, -0.05) is 22.6 Å². The molecule has 84 valence electrons. The van der Waals surface area contributed by atoms with E-state index in [1.807, 2.05) is 22.6 Å². The smallest absolute Gasteiger partial charge is 0.185 e. The van der Waals surface area contributed by atoms with Crippen molar-refractivity contribution in [3.63, 3.8) is 0 Å². The first-order chi connectivity index (χ1) is 6.61. The molecule has 5 atom stereocenters. The van der Waals surface area contributed by atoms with Crippen molar-refractivity contribution in [3.8, 4) is 0 Å². The Morgan fingerprint density at radius 1 is 1.36 bits per heavy atom. The Morgan fingerprint density at radius 3 is 2.50 bits per heavy atom. The summed E-state index contributed by atoms with van der Waals surface area (Å²) in [5, 5.41) is 28.2. The largest absolute Gasteiger partial charge is 0.394 e. The highest BCUT2D eigenvalue weighted by Crippen LogP contribution is 2.27. The van der Waals surface area contributed by atoms with Crippen LogP contribution in [0.25, 0.3) is 0 Å². The molecule has 0 spiro atoms. The van der Waals surface area contributed by atoms with Gasteiger partial charge in [0.05, 0.1) is 16.6 Å². The van der Waals surface area contributed by atoms with Crippen LogP contribution < -0.4 is 0 Å². The van der Waals surface area contributed by atoms with Crippen LogP contribution in [0, 0.1) is 0 Å². The van der Waals surface area contributed by atoms with Gasteiger partial charge in [-0.3, -0.25) is 0 Å². The van der Waals surface area contributed by atoms with Gasteiger partial charge in [0.2, 0.25) is 0 Å². The number of alkyl halides is 1. The lowest BCUT2D eigenvalue weighted by Gasteiger charge is -2.39. The molecule has 0 aromatic heterocycles. The summed E-state index contributed by atoms with van der Waals surface area (Å²) in [7, 11) is 0. The monoisotopic (exact) mass is 315 g/mol. The van der Waals surface area contributed by atoms with Crippen LogP contribution in [0.5, 0.6) is 0 Å². The summed E-state index contributed by atoms with van der Waals surface area (Å²) in [5.41, 5.74) is 0. The molecule has 0 aliphatic carbocycles. The first-order valence-electron chi connectivity index (χ1n) is 4.50. The van der Waals surface area contributed by atoms with E-state index < -0.39 is 28.5 Å². The van der Waals surface area contributed by atoms with E-state index in [9.17, 15) is 10.2 Å². The molecule has 1 aliphatic heterocycles. The van der Waals surface area contributed by atoms with Crippen molar-refractivity contribution in [2.45, 2.75) is 35.5 Å². The van der Waals surface area contributed by atoms with Crippen molar-refractivity contribution >= 4 is 22.6 Å². The third kappa shape index (κ3) is 2.56. The molecule has 0 saturated carbocycles. The highest BCUT2D eigenvalue weighted by molar-refractivity contribution is 14.1. The number of halogens is 1. The van der Waals surface area contributed by atoms with E-state index in [1.54, 1.807) is 6.92 Å². The third-order valence-corrected chi connectivity index (χ3v) is 3.61. The summed E-state index contributed by atoms with van der Waals surface area (Å²) in [6.07, 6.45) is -3.18. The topological polar surface area (TPSA) is 79.2 Å². The Bertz CT molecular complexity index is 175. The third-order valence-electron chi connectivity index (χ3n) is 2.13. The van der Waals surface area contributed by atoms with Gasteiger partial charge < -0.3 is 24.8 Å². The Morgan fingerprint density at radius 2 is 2.00 bits per heavy atom. The molecule has 14 heavy (non-hydrogen) atoms. The minimum absolute atomic E-state index is 0.281. The van der Waals surface area contributed by atoms with Crippen LogP contribution in [0.1, 0.15) is 6.92 Å². The second-order valence-electron chi connectivity index (χ2n) is 3.11. The van der Waals surface area contributed by atoms with Crippen LogP contribution in [0.3, 0.4) is 0 Å². The normalized spacial score (nSPS) is 43.9. The molecule has 5 nitrogen and oxygen atoms in total. The second kappa shape index (κ2) is 5.57. The molecule has 6 heteroatoms. The molecule has 3 N–H and O–H groups in total. The molecule has 0 bridgehead atoms. The zero-order valence-electron chi connectivity index (χ0n) is 7.84. The fourth-order valence-electron chi connectivity index (χ4n) is 1.34. The minimum atomic E-state index is -0.868. The maximum absolute atomic E-state index is 9.65. The molecule has 1 unspecified atom stereocenters. The summed E-state index contributed by atoms with van der Waals surface area (Å²) >= 11 is 1.93. The van der Waals surface area contributed by atoms with E-state index in [0.717, 1.165) is 0 Å². The number of hydrogen-bond acceptors (Lipinski definition) is 5. The quantitative estimate of drug-likeness (QED) is 0.473. The summed E-state index contributed by atoms with van der Waals surface area (Å²) < 4.78 is 9.95. The Kier molecular flexibility index (Phi) is 5.01. The van der Waals surface area contributed by atoms with E-state index in [-0.39, 0.29) is 6.61 Å². The van der Waals surface area contributed by atoms with Crippen LogP contribution in [0.4, 0.5) is 0 Å². The van der Waals surface area contributed by atoms with Gasteiger partial charge in [-0.15, -0.1) is 0 Å². The molecular weight excluding hydrogens is 300 g/mol. The lowest BCUT2D eigenvalue weighted by molar-refractivity contribution is -0.263. The lowest BCUT2D eigenvalue weighted by atomic mass is 10.0. The first-order valence-corrected chi connectivity index (χ1v) is 5.74. The van der Waals surface area contributed by atoms with Gasteiger partial charge in [0.15, 0.2) is 6.29 Å². The van der Waals surface area contributed by atoms with E-state index in [1.165, 1.54) is 0 Å². The van der Waals surface area contributed by atoms with Gasteiger partial charge in [0.25, 0.3) is 0 Å². The number of aliphatic hydroxyl groups excluding tert-OH is 3. The minimum Gasteiger partial charge on any atom is -0.394 e. The average molecular weight is 315 g/mol. The fraction of sp³-hybridized carbons (Fsp3) is 1.00.